The number of carbonyl (C=O) groups excluding carboxylic acids is 1. The molecule has 4 heteroatoms. The van der Waals surface area contributed by atoms with Crippen molar-refractivity contribution in [1.29, 1.82) is 0 Å². The van der Waals surface area contributed by atoms with Gasteiger partial charge in [0.1, 0.15) is 0 Å². The molecule has 3 nitrogen and oxygen atoms in total. The minimum atomic E-state index is -0.315. The highest BCUT2D eigenvalue weighted by Gasteiger charge is 2.11. The Morgan fingerprint density at radius 1 is 1.39 bits per heavy atom. The van der Waals surface area contributed by atoms with Crippen molar-refractivity contribution in [3.8, 4) is 0 Å². The largest absolute Gasteiger partial charge is 0.465 e. The van der Waals surface area contributed by atoms with Gasteiger partial charge in [0.05, 0.1) is 12.7 Å². The first-order chi connectivity index (χ1) is 8.33. The first-order valence-electron chi connectivity index (χ1n) is 5.91. The maximum absolute atomic E-state index is 11.4. The number of ether oxygens (including phenoxy) is 1. The van der Waals surface area contributed by atoms with Gasteiger partial charge in [0, 0.05) is 17.6 Å². The van der Waals surface area contributed by atoms with Crippen LogP contribution in [-0.2, 0) is 11.3 Å². The van der Waals surface area contributed by atoms with E-state index in [1.54, 1.807) is 12.1 Å². The van der Waals surface area contributed by atoms with Crippen LogP contribution in [-0.4, -0.2) is 19.6 Å². The van der Waals surface area contributed by atoms with Gasteiger partial charge in [-0.25, -0.2) is 4.79 Å². The van der Waals surface area contributed by atoms with Gasteiger partial charge in [-0.1, -0.05) is 42.8 Å². The second-order valence-electron chi connectivity index (χ2n) is 5.46. The van der Waals surface area contributed by atoms with Crippen molar-refractivity contribution in [2.75, 3.05) is 13.7 Å². The molecule has 100 valence electrons. The van der Waals surface area contributed by atoms with E-state index in [0.717, 1.165) is 23.1 Å². The highest BCUT2D eigenvalue weighted by molar-refractivity contribution is 9.10. The Hall–Kier alpha value is -0.870. The minimum absolute atomic E-state index is 0.262. The number of halogens is 1. The lowest BCUT2D eigenvalue weighted by atomic mass is 9.97. The summed E-state index contributed by atoms with van der Waals surface area (Å²) < 4.78 is 5.60. The van der Waals surface area contributed by atoms with Crippen LogP contribution in [0, 0.1) is 5.41 Å². The Morgan fingerprint density at radius 2 is 2.06 bits per heavy atom. The van der Waals surface area contributed by atoms with Crippen LogP contribution >= 0.6 is 15.9 Å². The average molecular weight is 314 g/mol. The van der Waals surface area contributed by atoms with Crippen LogP contribution < -0.4 is 5.32 Å². The predicted molar refractivity (Wildman–Crippen MR) is 76.6 cm³/mol. The molecule has 0 radical (unpaired) electrons. The third-order valence-corrected chi connectivity index (χ3v) is 3.18. The van der Waals surface area contributed by atoms with Gasteiger partial charge < -0.3 is 10.1 Å². The van der Waals surface area contributed by atoms with Gasteiger partial charge in [0.15, 0.2) is 0 Å². The number of esters is 1. The number of benzene rings is 1. The van der Waals surface area contributed by atoms with Crippen LogP contribution in [0.15, 0.2) is 22.7 Å². The first-order valence-corrected chi connectivity index (χ1v) is 6.70. The van der Waals surface area contributed by atoms with Gasteiger partial charge in [-0.2, -0.15) is 0 Å². The highest BCUT2D eigenvalue weighted by atomic mass is 79.9. The van der Waals surface area contributed by atoms with Crippen LogP contribution in [0.4, 0.5) is 0 Å². The molecule has 0 heterocycles. The molecule has 0 spiro atoms. The van der Waals surface area contributed by atoms with E-state index in [-0.39, 0.29) is 11.4 Å². The maximum Gasteiger partial charge on any atom is 0.337 e. The number of carbonyl (C=O) groups is 1. The van der Waals surface area contributed by atoms with Crippen molar-refractivity contribution in [2.24, 2.45) is 5.41 Å². The second kappa shape index (κ2) is 6.34. The van der Waals surface area contributed by atoms with Crippen molar-refractivity contribution in [2.45, 2.75) is 27.3 Å². The van der Waals surface area contributed by atoms with E-state index < -0.39 is 0 Å². The normalized spacial score (nSPS) is 11.4. The highest BCUT2D eigenvalue weighted by Crippen LogP contribution is 2.19. The molecule has 0 bridgehead atoms. The molecule has 0 aliphatic heterocycles. The summed E-state index contributed by atoms with van der Waals surface area (Å²) in [5.74, 6) is -0.315. The summed E-state index contributed by atoms with van der Waals surface area (Å²) in [7, 11) is 1.38. The van der Waals surface area contributed by atoms with Crippen LogP contribution in [0.25, 0.3) is 0 Å². The summed E-state index contributed by atoms with van der Waals surface area (Å²) in [6.07, 6.45) is 0. The standard InChI is InChI=1S/C14H20BrNO2/c1-14(2,3)9-16-8-11-6-5-10(7-12(11)15)13(17)18-4/h5-7,16H,8-9H2,1-4H3. The molecule has 1 N–H and O–H groups in total. The number of rotatable bonds is 4. The molecule has 1 aromatic rings. The Morgan fingerprint density at radius 3 is 2.56 bits per heavy atom. The number of methoxy groups -OCH3 is 1. The molecule has 18 heavy (non-hydrogen) atoms. The quantitative estimate of drug-likeness (QED) is 0.866. The van der Waals surface area contributed by atoms with Crippen LogP contribution in [0.1, 0.15) is 36.7 Å². The van der Waals surface area contributed by atoms with Crippen LogP contribution in [0.3, 0.4) is 0 Å². The maximum atomic E-state index is 11.4. The van der Waals surface area contributed by atoms with E-state index in [2.05, 4.69) is 46.8 Å². The van der Waals surface area contributed by atoms with Crippen molar-refractivity contribution >= 4 is 21.9 Å². The lowest BCUT2D eigenvalue weighted by Crippen LogP contribution is -2.26. The molecule has 0 atom stereocenters. The van der Waals surface area contributed by atoms with Crippen LogP contribution in [0.5, 0.6) is 0 Å². The molecule has 0 amide bonds. The van der Waals surface area contributed by atoms with Gasteiger partial charge in [0.25, 0.3) is 0 Å². The first kappa shape index (κ1) is 15.2. The third-order valence-electron chi connectivity index (χ3n) is 2.44. The minimum Gasteiger partial charge on any atom is -0.465 e. The summed E-state index contributed by atoms with van der Waals surface area (Å²) in [4.78, 5) is 11.4. The van der Waals surface area contributed by atoms with E-state index >= 15 is 0 Å². The summed E-state index contributed by atoms with van der Waals surface area (Å²) in [6, 6.07) is 5.51. The molecule has 0 aliphatic rings. The van der Waals surface area contributed by atoms with Crippen molar-refractivity contribution in [3.63, 3.8) is 0 Å². The van der Waals surface area contributed by atoms with E-state index in [0.29, 0.717) is 5.56 Å². The van der Waals surface area contributed by atoms with Crippen molar-refractivity contribution in [3.05, 3.63) is 33.8 Å². The smallest absolute Gasteiger partial charge is 0.337 e. The predicted octanol–water partition coefficient (Wildman–Crippen LogP) is 3.37. The third kappa shape index (κ3) is 4.78. The second-order valence-corrected chi connectivity index (χ2v) is 6.32. The Bertz CT molecular complexity index is 424. The summed E-state index contributed by atoms with van der Waals surface area (Å²) in [5, 5.41) is 3.40. The van der Waals surface area contributed by atoms with Crippen LogP contribution in [0.2, 0.25) is 0 Å². The van der Waals surface area contributed by atoms with E-state index in [1.807, 2.05) is 6.07 Å². The zero-order chi connectivity index (χ0) is 13.8. The lowest BCUT2D eigenvalue weighted by Gasteiger charge is -2.19. The molecule has 0 saturated carbocycles. The topological polar surface area (TPSA) is 38.3 Å². The SMILES string of the molecule is COC(=O)c1ccc(CNCC(C)(C)C)c(Br)c1. The molecule has 0 unspecified atom stereocenters. The molecule has 0 aromatic heterocycles. The number of hydrogen-bond donors (Lipinski definition) is 1. The summed E-state index contributed by atoms with van der Waals surface area (Å²) >= 11 is 3.48. The summed E-state index contributed by atoms with van der Waals surface area (Å²) in [6.45, 7) is 8.29. The van der Waals surface area contributed by atoms with Gasteiger partial charge in [-0.3, -0.25) is 0 Å². The molecular formula is C14H20BrNO2. The average Bonchev–Trinajstić information content (AvgIpc) is 2.28. The molecule has 0 saturated heterocycles. The van der Waals surface area contributed by atoms with E-state index in [9.17, 15) is 4.79 Å². The fourth-order valence-corrected chi connectivity index (χ4v) is 2.03. The van der Waals surface area contributed by atoms with Crippen molar-refractivity contribution in [1.82, 2.24) is 5.32 Å². The molecular weight excluding hydrogens is 294 g/mol. The number of nitrogens with one attached hydrogen (secondary N) is 1. The zero-order valence-corrected chi connectivity index (χ0v) is 12.9. The van der Waals surface area contributed by atoms with Gasteiger partial charge >= 0.3 is 5.97 Å². The zero-order valence-electron chi connectivity index (χ0n) is 11.3. The van der Waals surface area contributed by atoms with E-state index in [4.69, 9.17) is 0 Å². The van der Waals surface area contributed by atoms with Crippen molar-refractivity contribution < 1.29 is 9.53 Å². The number of hydrogen-bond acceptors (Lipinski definition) is 3. The Kier molecular flexibility index (Phi) is 5.35. The molecule has 0 aliphatic carbocycles. The molecule has 1 aromatic carbocycles. The van der Waals surface area contributed by atoms with Gasteiger partial charge in [-0.05, 0) is 23.1 Å². The van der Waals surface area contributed by atoms with Gasteiger partial charge in [-0.15, -0.1) is 0 Å². The monoisotopic (exact) mass is 313 g/mol. The molecule has 1 rings (SSSR count). The fraction of sp³-hybridized carbons (Fsp3) is 0.500. The van der Waals surface area contributed by atoms with E-state index in [1.165, 1.54) is 7.11 Å². The summed E-state index contributed by atoms with van der Waals surface area (Å²) in [5.41, 5.74) is 1.95. The Balaban J connectivity index is 2.66. The lowest BCUT2D eigenvalue weighted by molar-refractivity contribution is 0.0600. The molecule has 0 fully saturated rings. The van der Waals surface area contributed by atoms with Gasteiger partial charge in [0.2, 0.25) is 0 Å². The fourth-order valence-electron chi connectivity index (χ4n) is 1.51. The Labute approximate surface area is 117 Å².